The lowest BCUT2D eigenvalue weighted by Crippen LogP contribution is -2.52. The van der Waals surface area contributed by atoms with Gasteiger partial charge in [-0.3, -0.25) is 4.79 Å². The molecule has 1 heterocycles. The van der Waals surface area contributed by atoms with Crippen molar-refractivity contribution in [2.24, 2.45) is 0 Å². The number of rotatable bonds is 5. The summed E-state index contributed by atoms with van der Waals surface area (Å²) in [7, 11) is 3.35. The first-order chi connectivity index (χ1) is 15.2. The number of benzene rings is 3. The van der Waals surface area contributed by atoms with Gasteiger partial charge in [0, 0.05) is 30.4 Å². The van der Waals surface area contributed by atoms with Crippen LogP contribution in [0.15, 0.2) is 54.6 Å². The zero-order chi connectivity index (χ0) is 23.0. The lowest BCUT2D eigenvalue weighted by molar-refractivity contribution is -0.121. The number of hydrogen-bond donors (Lipinski definition) is 2. The summed E-state index contributed by atoms with van der Waals surface area (Å²) in [4.78, 5) is 14.8. The predicted octanol–water partition coefficient (Wildman–Crippen LogP) is 5.59. The van der Waals surface area contributed by atoms with Crippen LogP contribution in [0.3, 0.4) is 0 Å². The topological polar surface area (TPSA) is 53.6 Å². The van der Waals surface area contributed by atoms with E-state index in [9.17, 15) is 9.18 Å². The van der Waals surface area contributed by atoms with Crippen molar-refractivity contribution in [2.75, 3.05) is 29.7 Å². The van der Waals surface area contributed by atoms with Crippen molar-refractivity contribution in [3.63, 3.8) is 0 Å². The minimum Gasteiger partial charge on any atom is -0.496 e. The molecule has 5 nitrogen and oxygen atoms in total. The molecular formula is C26H28FN3O2. The number of halogens is 1. The number of carbonyl (C=O) groups excluding carboxylic acids is 1. The van der Waals surface area contributed by atoms with Crippen molar-refractivity contribution in [1.29, 1.82) is 0 Å². The standard InChI is InChI=1S/C26H28FN3O2/c1-16-7-6-8-18(13-16)28-15-21-19(20-14-17(27)9-12-23(20)32-5)10-11-22-24(21)30(4)25(31)26(2,3)29-22/h6-14,28-29H,15H2,1-5H3. The lowest BCUT2D eigenvalue weighted by atomic mass is 9.91. The number of methoxy groups -OCH3 is 1. The van der Waals surface area contributed by atoms with Crippen LogP contribution in [0.5, 0.6) is 5.75 Å². The van der Waals surface area contributed by atoms with Gasteiger partial charge in [-0.25, -0.2) is 4.39 Å². The van der Waals surface area contributed by atoms with Crippen LogP contribution < -0.4 is 20.3 Å². The molecule has 0 atom stereocenters. The van der Waals surface area contributed by atoms with E-state index < -0.39 is 5.54 Å². The molecule has 4 rings (SSSR count). The van der Waals surface area contributed by atoms with Gasteiger partial charge in [-0.05, 0) is 68.3 Å². The number of likely N-dealkylation sites (N-methyl/N-ethyl adjacent to an activating group) is 1. The minimum absolute atomic E-state index is 0.0369. The molecule has 3 aromatic carbocycles. The maximum Gasteiger partial charge on any atom is 0.251 e. The summed E-state index contributed by atoms with van der Waals surface area (Å²) < 4.78 is 19.8. The molecule has 1 aliphatic heterocycles. The van der Waals surface area contributed by atoms with Crippen molar-refractivity contribution in [1.82, 2.24) is 0 Å². The molecule has 0 radical (unpaired) electrons. The van der Waals surface area contributed by atoms with Crippen molar-refractivity contribution in [2.45, 2.75) is 32.9 Å². The van der Waals surface area contributed by atoms with E-state index >= 15 is 0 Å². The smallest absolute Gasteiger partial charge is 0.251 e. The molecule has 0 saturated carbocycles. The van der Waals surface area contributed by atoms with Gasteiger partial charge in [0.05, 0.1) is 18.5 Å². The van der Waals surface area contributed by atoms with Crippen molar-refractivity contribution < 1.29 is 13.9 Å². The van der Waals surface area contributed by atoms with Gasteiger partial charge >= 0.3 is 0 Å². The molecule has 166 valence electrons. The normalized spacial score (nSPS) is 14.6. The zero-order valence-electron chi connectivity index (χ0n) is 19.0. The van der Waals surface area contributed by atoms with Gasteiger partial charge in [0.15, 0.2) is 0 Å². The summed E-state index contributed by atoms with van der Waals surface area (Å²) in [6, 6.07) is 16.5. The molecule has 0 unspecified atom stereocenters. The molecule has 0 aliphatic carbocycles. The molecule has 2 N–H and O–H groups in total. The zero-order valence-corrected chi connectivity index (χ0v) is 19.0. The maximum absolute atomic E-state index is 14.2. The van der Waals surface area contributed by atoms with Gasteiger partial charge in [0.2, 0.25) is 0 Å². The monoisotopic (exact) mass is 433 g/mol. The fourth-order valence-corrected chi connectivity index (χ4v) is 4.30. The maximum atomic E-state index is 14.2. The number of carbonyl (C=O) groups is 1. The fourth-order valence-electron chi connectivity index (χ4n) is 4.30. The van der Waals surface area contributed by atoms with E-state index in [2.05, 4.69) is 16.7 Å². The number of anilines is 3. The number of aryl methyl sites for hydroxylation is 1. The number of fused-ring (bicyclic) bond motifs is 1. The number of hydrogen-bond acceptors (Lipinski definition) is 4. The second-order valence-corrected chi connectivity index (χ2v) is 8.67. The molecule has 32 heavy (non-hydrogen) atoms. The Morgan fingerprint density at radius 2 is 1.88 bits per heavy atom. The van der Waals surface area contributed by atoms with Gasteiger partial charge in [0.25, 0.3) is 5.91 Å². The van der Waals surface area contributed by atoms with E-state index in [4.69, 9.17) is 4.74 Å². The fraction of sp³-hybridized carbons (Fsp3) is 0.269. The highest BCUT2D eigenvalue weighted by atomic mass is 19.1. The van der Waals surface area contributed by atoms with Crippen molar-refractivity contribution >= 4 is 23.0 Å². The Bertz CT molecular complexity index is 1190. The summed E-state index contributed by atoms with van der Waals surface area (Å²) in [6.07, 6.45) is 0. The average Bonchev–Trinajstić information content (AvgIpc) is 2.75. The van der Waals surface area contributed by atoms with E-state index in [0.29, 0.717) is 17.9 Å². The Morgan fingerprint density at radius 1 is 1.09 bits per heavy atom. The van der Waals surface area contributed by atoms with Gasteiger partial charge in [-0.1, -0.05) is 18.2 Å². The van der Waals surface area contributed by atoms with Gasteiger partial charge in [-0.15, -0.1) is 0 Å². The third-order valence-corrected chi connectivity index (χ3v) is 5.84. The Morgan fingerprint density at radius 3 is 2.59 bits per heavy atom. The van der Waals surface area contributed by atoms with Crippen LogP contribution in [-0.2, 0) is 11.3 Å². The Balaban J connectivity index is 1.89. The minimum atomic E-state index is -0.721. The van der Waals surface area contributed by atoms with Crippen LogP contribution in [0, 0.1) is 12.7 Å². The second-order valence-electron chi connectivity index (χ2n) is 8.67. The van der Waals surface area contributed by atoms with Crippen LogP contribution in [-0.4, -0.2) is 25.6 Å². The van der Waals surface area contributed by atoms with Crippen LogP contribution >= 0.6 is 0 Å². The highest BCUT2D eigenvalue weighted by Gasteiger charge is 2.38. The number of ether oxygens (including phenoxy) is 1. The van der Waals surface area contributed by atoms with E-state index in [1.54, 1.807) is 25.1 Å². The molecule has 1 amide bonds. The molecule has 3 aromatic rings. The summed E-state index contributed by atoms with van der Waals surface area (Å²) in [6.45, 7) is 6.21. The first-order valence-corrected chi connectivity index (χ1v) is 10.6. The first kappa shape index (κ1) is 21.7. The average molecular weight is 434 g/mol. The third kappa shape index (κ3) is 3.88. The van der Waals surface area contributed by atoms with Crippen LogP contribution in [0.2, 0.25) is 0 Å². The molecule has 0 aromatic heterocycles. The second kappa shape index (κ2) is 8.19. The van der Waals surface area contributed by atoms with E-state index in [-0.39, 0.29) is 11.7 Å². The SMILES string of the molecule is COc1ccc(F)cc1-c1ccc2c(c1CNc1cccc(C)c1)N(C)C(=O)C(C)(C)N2. The molecule has 0 saturated heterocycles. The van der Waals surface area contributed by atoms with Crippen LogP contribution in [0.25, 0.3) is 11.1 Å². The predicted molar refractivity (Wildman–Crippen MR) is 128 cm³/mol. The Hall–Kier alpha value is -3.54. The molecule has 6 heteroatoms. The molecule has 0 spiro atoms. The van der Waals surface area contributed by atoms with Crippen molar-refractivity contribution in [3.8, 4) is 16.9 Å². The summed E-state index contributed by atoms with van der Waals surface area (Å²) >= 11 is 0. The summed E-state index contributed by atoms with van der Waals surface area (Å²) in [5.74, 6) is 0.186. The first-order valence-electron chi connectivity index (χ1n) is 10.6. The quantitative estimate of drug-likeness (QED) is 0.551. The third-order valence-electron chi connectivity index (χ3n) is 5.84. The van der Waals surface area contributed by atoms with Crippen LogP contribution in [0.4, 0.5) is 21.5 Å². The van der Waals surface area contributed by atoms with Gasteiger partial charge in [0.1, 0.15) is 17.1 Å². The number of nitrogens with zero attached hydrogens (tertiary/aromatic N) is 1. The molecule has 0 bridgehead atoms. The van der Waals surface area contributed by atoms with Crippen LogP contribution in [0.1, 0.15) is 25.0 Å². The molecule has 1 aliphatic rings. The molecule has 0 fully saturated rings. The molecular weight excluding hydrogens is 405 g/mol. The lowest BCUT2D eigenvalue weighted by Gasteiger charge is -2.40. The largest absolute Gasteiger partial charge is 0.496 e. The van der Waals surface area contributed by atoms with Crippen molar-refractivity contribution in [3.05, 3.63) is 71.5 Å². The summed E-state index contributed by atoms with van der Waals surface area (Å²) in [5.41, 5.74) is 5.36. The summed E-state index contributed by atoms with van der Waals surface area (Å²) in [5, 5.41) is 6.83. The number of nitrogens with one attached hydrogen (secondary N) is 2. The Labute approximate surface area is 188 Å². The van der Waals surface area contributed by atoms with E-state index in [1.807, 2.05) is 51.1 Å². The Kier molecular flexibility index (Phi) is 5.55. The highest BCUT2D eigenvalue weighted by molar-refractivity contribution is 6.08. The number of amides is 1. The van der Waals surface area contributed by atoms with E-state index in [0.717, 1.165) is 33.8 Å². The highest BCUT2D eigenvalue weighted by Crippen LogP contribution is 2.44. The van der Waals surface area contributed by atoms with Gasteiger partial charge in [-0.2, -0.15) is 0 Å². The van der Waals surface area contributed by atoms with Gasteiger partial charge < -0.3 is 20.3 Å². The van der Waals surface area contributed by atoms with E-state index in [1.165, 1.54) is 12.1 Å².